The van der Waals surface area contributed by atoms with Gasteiger partial charge in [-0.3, -0.25) is 0 Å². The van der Waals surface area contributed by atoms with Gasteiger partial charge in [-0.05, 0) is 12.1 Å². The molecule has 0 spiro atoms. The van der Waals surface area contributed by atoms with Crippen molar-refractivity contribution in [1.29, 1.82) is 0 Å². The Hall–Kier alpha value is -0.550. The van der Waals surface area contributed by atoms with Crippen molar-refractivity contribution in [3.63, 3.8) is 0 Å². The second-order valence-electron chi connectivity index (χ2n) is 2.42. The molecule has 0 unspecified atom stereocenters. The molecule has 0 amide bonds. The van der Waals surface area contributed by atoms with Gasteiger partial charge in [-0.25, -0.2) is 13.2 Å². The van der Waals surface area contributed by atoms with Crippen LogP contribution >= 0.6 is 15.9 Å². The summed E-state index contributed by atoms with van der Waals surface area (Å²) < 4.78 is 37.3. The summed E-state index contributed by atoms with van der Waals surface area (Å²) in [4.78, 5) is 0. The number of rotatable bonds is 2. The fraction of sp³-hybridized carbons (Fsp3) is 0.400. The summed E-state index contributed by atoms with van der Waals surface area (Å²) in [7, 11) is 0. The lowest BCUT2D eigenvalue weighted by Crippen LogP contribution is -1.95. The maximum Gasteiger partial charge on any atom is 0.265 e. The smallest absolute Gasteiger partial charge is 0.265 e. The van der Waals surface area contributed by atoms with E-state index in [0.29, 0.717) is 0 Å². The van der Waals surface area contributed by atoms with Crippen LogP contribution in [0.25, 0.3) is 0 Å². The molecule has 0 atom stereocenters. The van der Waals surface area contributed by atoms with E-state index in [4.69, 9.17) is 5.11 Å². The molecule has 0 fully saturated rings. The van der Waals surface area contributed by atoms with Gasteiger partial charge in [0.15, 0.2) is 0 Å². The van der Waals surface area contributed by atoms with E-state index < -0.39 is 24.4 Å². The number of aliphatic hydroxyl groups is 1. The Morgan fingerprint density at radius 1 is 1.33 bits per heavy atom. The first kappa shape index (κ1) is 14.5. The first-order chi connectivity index (χ1) is 7.06. The summed E-state index contributed by atoms with van der Waals surface area (Å²) in [5.41, 5.74) is -0.411. The lowest BCUT2D eigenvalue weighted by atomic mass is 10.1. The van der Waals surface area contributed by atoms with Gasteiger partial charge in [-0.1, -0.05) is 29.8 Å². The van der Waals surface area contributed by atoms with Gasteiger partial charge in [0.25, 0.3) is 6.43 Å². The van der Waals surface area contributed by atoms with Crippen molar-refractivity contribution in [2.45, 2.75) is 26.9 Å². The third kappa shape index (κ3) is 3.83. The predicted molar refractivity (Wildman–Crippen MR) is 56.3 cm³/mol. The van der Waals surface area contributed by atoms with E-state index in [2.05, 4.69) is 15.9 Å². The van der Waals surface area contributed by atoms with Gasteiger partial charge >= 0.3 is 0 Å². The summed E-state index contributed by atoms with van der Waals surface area (Å²) in [6, 6.07) is 1.87. The molecule has 5 heteroatoms. The third-order valence-electron chi connectivity index (χ3n) is 1.57. The van der Waals surface area contributed by atoms with Crippen molar-refractivity contribution in [1.82, 2.24) is 0 Å². The zero-order valence-corrected chi connectivity index (χ0v) is 9.98. The number of halogens is 4. The molecule has 15 heavy (non-hydrogen) atoms. The quantitative estimate of drug-likeness (QED) is 0.869. The van der Waals surface area contributed by atoms with E-state index in [9.17, 15) is 13.2 Å². The maximum atomic E-state index is 12.9. The highest BCUT2D eigenvalue weighted by Gasteiger charge is 2.14. The van der Waals surface area contributed by atoms with Crippen molar-refractivity contribution >= 4 is 15.9 Å². The molecule has 1 nitrogen and oxygen atoms in total. The van der Waals surface area contributed by atoms with Gasteiger partial charge < -0.3 is 5.11 Å². The van der Waals surface area contributed by atoms with Crippen LogP contribution in [0.15, 0.2) is 16.6 Å². The number of aliphatic hydroxyl groups excluding tert-OH is 1. The van der Waals surface area contributed by atoms with E-state index in [1.54, 1.807) is 0 Å². The fourth-order valence-corrected chi connectivity index (χ4v) is 1.46. The first-order valence-electron chi connectivity index (χ1n) is 4.43. The minimum absolute atomic E-state index is 0.00345. The molecule has 0 aliphatic heterocycles. The van der Waals surface area contributed by atoms with Crippen LogP contribution in [-0.4, -0.2) is 5.11 Å². The summed E-state index contributed by atoms with van der Waals surface area (Å²) in [6.07, 6.45) is -2.73. The van der Waals surface area contributed by atoms with E-state index >= 15 is 0 Å². The molecule has 0 saturated heterocycles. The zero-order chi connectivity index (χ0) is 12.0. The van der Waals surface area contributed by atoms with Crippen LogP contribution in [0.3, 0.4) is 0 Å². The molecule has 0 aliphatic carbocycles. The second kappa shape index (κ2) is 6.85. The molecule has 0 radical (unpaired) electrons. The zero-order valence-electron chi connectivity index (χ0n) is 8.40. The van der Waals surface area contributed by atoms with Crippen LogP contribution in [0.2, 0.25) is 0 Å². The lowest BCUT2D eigenvalue weighted by molar-refractivity contribution is 0.150. The molecule has 0 aromatic heterocycles. The van der Waals surface area contributed by atoms with Crippen molar-refractivity contribution in [2.24, 2.45) is 0 Å². The van der Waals surface area contributed by atoms with Gasteiger partial charge in [0.05, 0.1) is 6.61 Å². The minimum atomic E-state index is -2.73. The fourth-order valence-electron chi connectivity index (χ4n) is 0.892. The highest BCUT2D eigenvalue weighted by Crippen LogP contribution is 2.29. The Morgan fingerprint density at radius 3 is 2.27 bits per heavy atom. The van der Waals surface area contributed by atoms with Crippen LogP contribution in [-0.2, 0) is 6.61 Å². The van der Waals surface area contributed by atoms with Crippen LogP contribution in [0, 0.1) is 5.82 Å². The van der Waals surface area contributed by atoms with Gasteiger partial charge in [0.2, 0.25) is 0 Å². The van der Waals surface area contributed by atoms with Crippen molar-refractivity contribution in [3.8, 4) is 0 Å². The number of hydrogen-bond donors (Lipinski definition) is 1. The van der Waals surface area contributed by atoms with E-state index in [1.165, 1.54) is 0 Å². The topological polar surface area (TPSA) is 20.2 Å². The molecule has 1 aromatic rings. The highest BCUT2D eigenvalue weighted by molar-refractivity contribution is 9.10. The Labute approximate surface area is 95.1 Å². The number of benzene rings is 1. The Kier molecular flexibility index (Phi) is 6.60. The average Bonchev–Trinajstić information content (AvgIpc) is 2.23. The summed E-state index contributed by atoms with van der Waals surface area (Å²) in [5.74, 6) is -0.819. The van der Waals surface area contributed by atoms with Crippen LogP contribution in [0.4, 0.5) is 13.2 Å². The molecule has 1 N–H and O–H groups in total. The molecule has 86 valence electrons. The lowest BCUT2D eigenvalue weighted by Gasteiger charge is -2.06. The van der Waals surface area contributed by atoms with Crippen LogP contribution in [0.1, 0.15) is 31.4 Å². The van der Waals surface area contributed by atoms with Crippen molar-refractivity contribution in [2.75, 3.05) is 0 Å². The second-order valence-corrected chi connectivity index (χ2v) is 3.28. The average molecular weight is 285 g/mol. The van der Waals surface area contributed by atoms with Crippen LogP contribution in [0.5, 0.6) is 0 Å². The Morgan fingerprint density at radius 2 is 1.87 bits per heavy atom. The number of alkyl halides is 2. The SMILES string of the molecule is CC.OCc1cc(Br)c(C(F)F)cc1F. The minimum Gasteiger partial charge on any atom is -0.392 e. The van der Waals surface area contributed by atoms with Gasteiger partial charge in [0.1, 0.15) is 5.82 Å². The van der Waals surface area contributed by atoms with E-state index in [0.717, 1.165) is 12.1 Å². The van der Waals surface area contributed by atoms with Crippen molar-refractivity contribution < 1.29 is 18.3 Å². The Balaban J connectivity index is 0.000000921. The van der Waals surface area contributed by atoms with Gasteiger partial charge in [0, 0.05) is 15.6 Å². The molecule has 1 aromatic carbocycles. The molecule has 1 rings (SSSR count). The van der Waals surface area contributed by atoms with E-state index in [-0.39, 0.29) is 10.0 Å². The summed E-state index contributed by atoms with van der Waals surface area (Å²) in [6.45, 7) is 3.49. The highest BCUT2D eigenvalue weighted by atomic mass is 79.9. The molecular formula is C10H12BrF3O. The molecule has 0 aliphatic rings. The monoisotopic (exact) mass is 284 g/mol. The molecule has 0 heterocycles. The maximum absolute atomic E-state index is 12.9. The van der Waals surface area contributed by atoms with Gasteiger partial charge in [-0.15, -0.1) is 0 Å². The normalized spacial score (nSPS) is 9.87. The predicted octanol–water partition coefficient (Wildman–Crippen LogP) is 4.04. The number of hydrogen-bond acceptors (Lipinski definition) is 1. The third-order valence-corrected chi connectivity index (χ3v) is 2.26. The molecule has 0 bridgehead atoms. The first-order valence-corrected chi connectivity index (χ1v) is 5.22. The largest absolute Gasteiger partial charge is 0.392 e. The van der Waals surface area contributed by atoms with E-state index in [1.807, 2.05) is 13.8 Å². The molecule has 0 saturated carbocycles. The van der Waals surface area contributed by atoms with Gasteiger partial charge in [-0.2, -0.15) is 0 Å². The van der Waals surface area contributed by atoms with Crippen LogP contribution < -0.4 is 0 Å². The van der Waals surface area contributed by atoms with Crippen molar-refractivity contribution in [3.05, 3.63) is 33.5 Å². The summed E-state index contributed by atoms with van der Waals surface area (Å²) >= 11 is 2.86. The standard InChI is InChI=1S/C8H6BrF3O.C2H6/c9-6-1-4(3-13)7(10)2-5(6)8(11)12;1-2/h1-2,8,13H,3H2;1-2H3. The summed E-state index contributed by atoms with van der Waals surface area (Å²) in [5, 5.41) is 8.62. The Bertz CT molecular complexity index is 316. The molecular weight excluding hydrogens is 273 g/mol.